The molecule has 2 unspecified atom stereocenters. The summed E-state index contributed by atoms with van der Waals surface area (Å²) >= 11 is 0. The van der Waals surface area contributed by atoms with Crippen molar-refractivity contribution in [3.63, 3.8) is 0 Å². The van der Waals surface area contributed by atoms with Crippen LogP contribution in [0, 0.1) is 11.8 Å². The van der Waals surface area contributed by atoms with E-state index in [2.05, 4.69) is 15.1 Å². The zero-order chi connectivity index (χ0) is 23.5. The third-order valence-electron chi connectivity index (χ3n) is 8.04. The van der Waals surface area contributed by atoms with E-state index in [1.54, 1.807) is 12.1 Å². The minimum atomic E-state index is -3.63. The predicted molar refractivity (Wildman–Crippen MR) is 133 cm³/mol. The molecule has 188 valence electrons. The number of amides is 1. The Labute approximate surface area is 203 Å². The molecule has 3 saturated heterocycles. The van der Waals surface area contributed by atoms with Crippen LogP contribution in [0.1, 0.15) is 44.9 Å². The molecule has 3 heterocycles. The average Bonchev–Trinajstić information content (AvgIpc) is 3.39. The molecule has 3 aliphatic heterocycles. The Morgan fingerprint density at radius 1 is 0.941 bits per heavy atom. The van der Waals surface area contributed by atoms with Gasteiger partial charge in [0.25, 0.3) is 0 Å². The summed E-state index contributed by atoms with van der Waals surface area (Å²) in [6.45, 7) is 5.72. The van der Waals surface area contributed by atoms with Gasteiger partial charge in [-0.1, -0.05) is 19.3 Å². The van der Waals surface area contributed by atoms with Gasteiger partial charge in [-0.2, -0.15) is 4.31 Å². The topological polar surface area (TPSA) is 82.2 Å². The van der Waals surface area contributed by atoms with Crippen LogP contribution < -0.4 is 10.2 Å². The van der Waals surface area contributed by atoms with Crippen molar-refractivity contribution < 1.29 is 17.9 Å². The Kier molecular flexibility index (Phi) is 7.44. The van der Waals surface area contributed by atoms with E-state index < -0.39 is 10.0 Å². The van der Waals surface area contributed by atoms with Crippen LogP contribution in [0.5, 0.6) is 0 Å². The van der Waals surface area contributed by atoms with Gasteiger partial charge in [0.05, 0.1) is 36.0 Å². The van der Waals surface area contributed by atoms with Crippen molar-refractivity contribution in [3.05, 3.63) is 18.2 Å². The number of sulfonamides is 1. The smallest absolute Gasteiger partial charge is 0.243 e. The summed E-state index contributed by atoms with van der Waals surface area (Å²) < 4.78 is 33.3. The highest BCUT2D eigenvalue weighted by molar-refractivity contribution is 7.89. The van der Waals surface area contributed by atoms with E-state index in [9.17, 15) is 13.2 Å². The SMILES string of the molecule is O=C(CN1CCC2CCCCC2C1)Nc1cc(S(=O)(=O)N2CCOCC2)ccc1N1CCCC1. The van der Waals surface area contributed by atoms with Crippen LogP contribution >= 0.6 is 0 Å². The average molecular weight is 491 g/mol. The fraction of sp³-hybridized carbons (Fsp3) is 0.720. The summed E-state index contributed by atoms with van der Waals surface area (Å²) in [5.74, 6) is 1.49. The van der Waals surface area contributed by atoms with Crippen LogP contribution in [-0.4, -0.2) is 82.6 Å². The molecular weight excluding hydrogens is 452 g/mol. The monoisotopic (exact) mass is 490 g/mol. The van der Waals surface area contributed by atoms with Crippen LogP contribution in [0.25, 0.3) is 0 Å². The van der Waals surface area contributed by atoms with Crippen molar-refractivity contribution in [2.24, 2.45) is 11.8 Å². The van der Waals surface area contributed by atoms with Crippen molar-refractivity contribution in [1.29, 1.82) is 0 Å². The fourth-order valence-corrected chi connectivity index (χ4v) is 7.59. The Balaban J connectivity index is 1.32. The number of morpholine rings is 1. The van der Waals surface area contributed by atoms with Crippen molar-refractivity contribution >= 4 is 27.3 Å². The van der Waals surface area contributed by atoms with Gasteiger partial charge in [0.15, 0.2) is 0 Å². The molecule has 0 spiro atoms. The van der Waals surface area contributed by atoms with E-state index >= 15 is 0 Å². The minimum absolute atomic E-state index is 0.0596. The number of ether oxygens (including phenoxy) is 1. The quantitative estimate of drug-likeness (QED) is 0.660. The second kappa shape index (κ2) is 10.5. The Morgan fingerprint density at radius 2 is 1.68 bits per heavy atom. The molecule has 5 rings (SSSR count). The van der Waals surface area contributed by atoms with E-state index in [1.165, 1.54) is 36.4 Å². The number of carbonyl (C=O) groups is 1. The zero-order valence-corrected chi connectivity index (χ0v) is 20.9. The summed E-state index contributed by atoms with van der Waals surface area (Å²) in [4.78, 5) is 17.9. The number of nitrogens with one attached hydrogen (secondary N) is 1. The van der Waals surface area contributed by atoms with E-state index in [-0.39, 0.29) is 10.8 Å². The number of hydrogen-bond donors (Lipinski definition) is 1. The Morgan fingerprint density at radius 3 is 2.44 bits per heavy atom. The first-order chi connectivity index (χ1) is 16.5. The summed E-state index contributed by atoms with van der Waals surface area (Å²) in [7, 11) is -3.63. The number of piperidine rings is 1. The largest absolute Gasteiger partial charge is 0.379 e. The third-order valence-corrected chi connectivity index (χ3v) is 9.93. The van der Waals surface area contributed by atoms with Gasteiger partial charge in [-0.15, -0.1) is 0 Å². The van der Waals surface area contributed by atoms with Crippen molar-refractivity contribution in [1.82, 2.24) is 9.21 Å². The maximum Gasteiger partial charge on any atom is 0.243 e. The molecule has 34 heavy (non-hydrogen) atoms. The highest BCUT2D eigenvalue weighted by Gasteiger charge is 2.32. The maximum atomic E-state index is 13.2. The standard InChI is InChI=1S/C25H38N4O4S/c30-25(19-27-12-9-20-5-1-2-6-21(20)18-27)26-23-17-22(7-8-24(23)28-10-3-4-11-28)34(31,32)29-13-15-33-16-14-29/h7-8,17,20-21H,1-6,9-16,18-19H2,(H,26,30). The summed E-state index contributed by atoms with van der Waals surface area (Å²) in [5, 5.41) is 3.09. The number of likely N-dealkylation sites (tertiary alicyclic amines) is 1. The van der Waals surface area contributed by atoms with Crippen LogP contribution in [0.15, 0.2) is 23.1 Å². The minimum Gasteiger partial charge on any atom is -0.379 e. The van der Waals surface area contributed by atoms with Gasteiger partial charge in [-0.25, -0.2) is 8.42 Å². The first-order valence-corrected chi connectivity index (χ1v) is 14.4. The van der Waals surface area contributed by atoms with Gasteiger partial charge in [0, 0.05) is 32.7 Å². The van der Waals surface area contributed by atoms with Gasteiger partial charge in [0.2, 0.25) is 15.9 Å². The summed E-state index contributed by atoms with van der Waals surface area (Å²) in [5.41, 5.74) is 1.52. The van der Waals surface area contributed by atoms with Crippen molar-refractivity contribution in [3.8, 4) is 0 Å². The number of nitrogens with zero attached hydrogens (tertiary/aromatic N) is 3. The molecule has 1 N–H and O–H groups in total. The lowest BCUT2D eigenvalue weighted by atomic mass is 9.75. The molecule has 1 saturated carbocycles. The highest BCUT2D eigenvalue weighted by atomic mass is 32.2. The lowest BCUT2D eigenvalue weighted by molar-refractivity contribution is -0.118. The third kappa shape index (κ3) is 5.27. The molecule has 1 aromatic carbocycles. The summed E-state index contributed by atoms with van der Waals surface area (Å²) in [6, 6.07) is 5.20. The molecule has 8 nitrogen and oxygen atoms in total. The molecule has 9 heteroatoms. The number of hydrogen-bond acceptors (Lipinski definition) is 6. The number of carbonyl (C=O) groups excluding carboxylic acids is 1. The molecule has 4 aliphatic rings. The Bertz CT molecular complexity index is 973. The Hall–Kier alpha value is -1.68. The normalized spacial score (nSPS) is 26.9. The fourth-order valence-electron chi connectivity index (χ4n) is 6.16. The molecular formula is C25H38N4O4S. The summed E-state index contributed by atoms with van der Waals surface area (Å²) in [6.07, 6.45) is 8.69. The molecule has 1 amide bonds. The first kappa shape index (κ1) is 24.0. The van der Waals surface area contributed by atoms with Crippen LogP contribution in [0.3, 0.4) is 0 Å². The van der Waals surface area contributed by atoms with Gasteiger partial charge < -0.3 is 15.0 Å². The number of rotatable bonds is 6. The van der Waals surface area contributed by atoms with Crippen LogP contribution in [-0.2, 0) is 19.6 Å². The second-order valence-corrected chi connectivity index (χ2v) is 12.2. The van der Waals surface area contributed by atoms with Crippen molar-refractivity contribution in [2.75, 3.05) is 69.2 Å². The van der Waals surface area contributed by atoms with Crippen LogP contribution in [0.4, 0.5) is 11.4 Å². The molecule has 1 aliphatic carbocycles. The highest BCUT2D eigenvalue weighted by Crippen LogP contribution is 2.36. The molecule has 0 aromatic heterocycles. The van der Waals surface area contributed by atoms with E-state index in [0.717, 1.165) is 56.5 Å². The molecule has 0 radical (unpaired) electrons. The lowest BCUT2D eigenvalue weighted by Gasteiger charge is -2.41. The molecule has 1 aromatic rings. The van der Waals surface area contributed by atoms with Gasteiger partial charge in [-0.05, 0) is 62.3 Å². The molecule has 4 fully saturated rings. The molecule has 0 bridgehead atoms. The maximum absolute atomic E-state index is 13.2. The second-order valence-electron chi connectivity index (χ2n) is 10.3. The van der Waals surface area contributed by atoms with E-state index in [1.807, 2.05) is 6.07 Å². The van der Waals surface area contributed by atoms with Gasteiger partial charge in [-0.3, -0.25) is 9.69 Å². The number of anilines is 2. The lowest BCUT2D eigenvalue weighted by Crippen LogP contribution is -2.45. The van der Waals surface area contributed by atoms with Gasteiger partial charge in [0.1, 0.15) is 0 Å². The van der Waals surface area contributed by atoms with Gasteiger partial charge >= 0.3 is 0 Å². The number of benzene rings is 1. The first-order valence-electron chi connectivity index (χ1n) is 13.0. The number of fused-ring (bicyclic) bond motifs is 1. The van der Waals surface area contributed by atoms with E-state index in [4.69, 9.17) is 4.74 Å². The van der Waals surface area contributed by atoms with Crippen molar-refractivity contribution in [2.45, 2.75) is 49.8 Å². The predicted octanol–water partition coefficient (Wildman–Crippen LogP) is 2.76. The van der Waals surface area contributed by atoms with Crippen LogP contribution in [0.2, 0.25) is 0 Å². The molecule has 2 atom stereocenters. The zero-order valence-electron chi connectivity index (χ0n) is 20.1. The van der Waals surface area contributed by atoms with E-state index in [0.29, 0.717) is 38.5 Å².